The summed E-state index contributed by atoms with van der Waals surface area (Å²) in [5.74, 6) is 0.623. The lowest BCUT2D eigenvalue weighted by molar-refractivity contribution is 0.0746. The van der Waals surface area contributed by atoms with Gasteiger partial charge in [-0.15, -0.1) is 0 Å². The van der Waals surface area contributed by atoms with Gasteiger partial charge in [0.05, 0.1) is 12.1 Å². The van der Waals surface area contributed by atoms with E-state index in [4.69, 9.17) is 21.8 Å². The van der Waals surface area contributed by atoms with Crippen LogP contribution >= 0.6 is 11.6 Å². The molecule has 122 valence electrons. The number of carbonyl (C=O) groups excluding carboxylic acids is 1. The fourth-order valence-corrected chi connectivity index (χ4v) is 3.02. The van der Waals surface area contributed by atoms with Crippen LogP contribution in [-0.4, -0.2) is 37.0 Å². The fraction of sp³-hybridized carbons (Fsp3) is 0.353. The van der Waals surface area contributed by atoms with E-state index in [0.29, 0.717) is 31.0 Å². The molecule has 0 unspecified atom stereocenters. The molecule has 6 heteroatoms. The Hall–Kier alpha value is -1.98. The summed E-state index contributed by atoms with van der Waals surface area (Å²) in [5.41, 5.74) is 8.41. The molecule has 2 aromatic rings. The number of carbonyl (C=O) groups is 1. The zero-order chi connectivity index (χ0) is 16.4. The molecule has 1 fully saturated rings. The Morgan fingerprint density at radius 3 is 2.65 bits per heavy atom. The van der Waals surface area contributed by atoms with Crippen LogP contribution in [0.25, 0.3) is 0 Å². The van der Waals surface area contributed by atoms with E-state index >= 15 is 0 Å². The number of hydrogen-bond acceptors (Lipinski definition) is 4. The van der Waals surface area contributed by atoms with Crippen LogP contribution in [0.3, 0.4) is 0 Å². The third kappa shape index (κ3) is 3.35. The summed E-state index contributed by atoms with van der Waals surface area (Å²) in [6.07, 6.45) is 1.48. The Labute approximate surface area is 140 Å². The van der Waals surface area contributed by atoms with Gasteiger partial charge in [0.2, 0.25) is 0 Å². The summed E-state index contributed by atoms with van der Waals surface area (Å²) >= 11 is 6.10. The number of furan rings is 1. The van der Waals surface area contributed by atoms with Crippen molar-refractivity contribution in [3.8, 4) is 0 Å². The lowest BCUT2D eigenvalue weighted by Crippen LogP contribution is -2.48. The number of anilines is 1. The highest BCUT2D eigenvalue weighted by Crippen LogP contribution is 2.25. The van der Waals surface area contributed by atoms with Crippen molar-refractivity contribution < 1.29 is 9.21 Å². The first-order chi connectivity index (χ1) is 11.1. The van der Waals surface area contributed by atoms with Gasteiger partial charge in [-0.1, -0.05) is 17.7 Å². The molecule has 1 amide bonds. The molecular formula is C17H20ClN3O2. The molecule has 0 saturated carbocycles. The second kappa shape index (κ2) is 6.64. The molecule has 3 rings (SSSR count). The highest BCUT2D eigenvalue weighted by Gasteiger charge is 2.24. The minimum Gasteiger partial charge on any atom is -0.467 e. The summed E-state index contributed by atoms with van der Waals surface area (Å²) in [4.78, 5) is 16.6. The summed E-state index contributed by atoms with van der Waals surface area (Å²) in [6, 6.07) is 7.62. The number of nitrogens with two attached hydrogens (primary N) is 1. The van der Waals surface area contributed by atoms with Crippen molar-refractivity contribution in [1.82, 2.24) is 4.90 Å². The molecule has 2 heterocycles. The van der Waals surface area contributed by atoms with Gasteiger partial charge in [-0.25, -0.2) is 0 Å². The average Bonchev–Trinajstić information content (AvgIpc) is 3.06. The van der Waals surface area contributed by atoms with Gasteiger partial charge in [-0.2, -0.15) is 0 Å². The van der Waals surface area contributed by atoms with Crippen molar-refractivity contribution in [2.45, 2.75) is 13.5 Å². The monoisotopic (exact) mass is 333 g/mol. The molecule has 0 atom stereocenters. The van der Waals surface area contributed by atoms with E-state index in [1.165, 1.54) is 11.8 Å². The number of halogens is 1. The largest absolute Gasteiger partial charge is 0.467 e. The maximum absolute atomic E-state index is 12.5. The zero-order valence-electron chi connectivity index (χ0n) is 13.1. The molecule has 0 radical (unpaired) electrons. The topological polar surface area (TPSA) is 62.7 Å². The summed E-state index contributed by atoms with van der Waals surface area (Å²) in [6.45, 7) is 5.29. The molecule has 0 spiro atoms. The van der Waals surface area contributed by atoms with Gasteiger partial charge in [0, 0.05) is 36.9 Å². The van der Waals surface area contributed by atoms with Crippen LogP contribution in [-0.2, 0) is 6.54 Å². The number of aryl methyl sites for hydroxylation is 1. The van der Waals surface area contributed by atoms with Gasteiger partial charge < -0.3 is 20.0 Å². The maximum Gasteiger partial charge on any atom is 0.257 e. The lowest BCUT2D eigenvalue weighted by Gasteiger charge is -2.36. The van der Waals surface area contributed by atoms with E-state index < -0.39 is 0 Å². The van der Waals surface area contributed by atoms with Gasteiger partial charge in [-0.05, 0) is 30.7 Å². The van der Waals surface area contributed by atoms with Crippen molar-refractivity contribution in [2.24, 2.45) is 5.73 Å². The second-order valence-corrected chi connectivity index (χ2v) is 6.15. The molecule has 0 bridgehead atoms. The Kier molecular flexibility index (Phi) is 4.59. The first kappa shape index (κ1) is 15.9. The Bertz CT molecular complexity index is 706. The van der Waals surface area contributed by atoms with Crippen LogP contribution < -0.4 is 10.6 Å². The maximum atomic E-state index is 12.5. The molecule has 1 aromatic carbocycles. The first-order valence-electron chi connectivity index (χ1n) is 7.66. The fourth-order valence-electron chi connectivity index (χ4n) is 2.86. The van der Waals surface area contributed by atoms with E-state index in [9.17, 15) is 4.79 Å². The summed E-state index contributed by atoms with van der Waals surface area (Å²) < 4.78 is 5.25. The van der Waals surface area contributed by atoms with Crippen molar-refractivity contribution in [3.05, 3.63) is 52.4 Å². The highest BCUT2D eigenvalue weighted by molar-refractivity contribution is 6.30. The molecule has 1 aromatic heterocycles. The number of benzene rings is 1. The van der Waals surface area contributed by atoms with Crippen molar-refractivity contribution >= 4 is 23.2 Å². The number of amides is 1. The lowest BCUT2D eigenvalue weighted by atomic mass is 10.1. The number of nitrogens with zero attached hydrogens (tertiary/aromatic N) is 2. The number of piperazine rings is 1. The molecule has 1 saturated heterocycles. The number of hydrogen-bond donors (Lipinski definition) is 1. The summed E-state index contributed by atoms with van der Waals surface area (Å²) in [5, 5.41) is 0.733. The van der Waals surface area contributed by atoms with Crippen LogP contribution in [0, 0.1) is 6.92 Å². The quantitative estimate of drug-likeness (QED) is 0.938. The van der Waals surface area contributed by atoms with E-state index in [1.807, 2.05) is 23.1 Å². The smallest absolute Gasteiger partial charge is 0.257 e. The van der Waals surface area contributed by atoms with Crippen LogP contribution in [0.1, 0.15) is 21.7 Å². The SMILES string of the molecule is Cc1ccc(Cl)cc1N1CCN(C(=O)c2coc(CN)c2)CC1. The second-order valence-electron chi connectivity index (χ2n) is 5.72. The first-order valence-corrected chi connectivity index (χ1v) is 8.04. The Morgan fingerprint density at radius 2 is 2.00 bits per heavy atom. The molecule has 0 aliphatic carbocycles. The Morgan fingerprint density at radius 1 is 1.26 bits per heavy atom. The van der Waals surface area contributed by atoms with E-state index in [2.05, 4.69) is 11.8 Å². The van der Waals surface area contributed by atoms with Gasteiger partial charge >= 0.3 is 0 Å². The van der Waals surface area contributed by atoms with Crippen LogP contribution in [0.15, 0.2) is 34.9 Å². The van der Waals surface area contributed by atoms with Gasteiger partial charge in [-0.3, -0.25) is 4.79 Å². The minimum atomic E-state index is -0.00378. The number of rotatable bonds is 3. The highest BCUT2D eigenvalue weighted by atomic mass is 35.5. The zero-order valence-corrected chi connectivity index (χ0v) is 13.8. The molecule has 23 heavy (non-hydrogen) atoms. The molecule has 2 N–H and O–H groups in total. The van der Waals surface area contributed by atoms with Gasteiger partial charge in [0.25, 0.3) is 5.91 Å². The molecule has 1 aliphatic heterocycles. The predicted octanol–water partition coefficient (Wildman–Crippen LogP) is 2.66. The standard InChI is InChI=1S/C17H20ClN3O2/c1-12-2-3-14(18)9-16(12)20-4-6-21(7-5-20)17(22)13-8-15(10-19)23-11-13/h2-3,8-9,11H,4-7,10,19H2,1H3. The average molecular weight is 334 g/mol. The van der Waals surface area contributed by atoms with Gasteiger partial charge in [0.1, 0.15) is 12.0 Å². The van der Waals surface area contributed by atoms with Crippen LogP contribution in [0.4, 0.5) is 5.69 Å². The van der Waals surface area contributed by atoms with E-state index in [-0.39, 0.29) is 5.91 Å². The minimum absolute atomic E-state index is 0.00378. The van der Waals surface area contributed by atoms with Crippen molar-refractivity contribution in [2.75, 3.05) is 31.1 Å². The van der Waals surface area contributed by atoms with Crippen molar-refractivity contribution in [1.29, 1.82) is 0 Å². The molecular weight excluding hydrogens is 314 g/mol. The molecule has 1 aliphatic rings. The summed E-state index contributed by atoms with van der Waals surface area (Å²) in [7, 11) is 0. The molecule has 5 nitrogen and oxygen atoms in total. The van der Waals surface area contributed by atoms with E-state index in [0.717, 1.165) is 23.8 Å². The third-order valence-corrected chi connectivity index (χ3v) is 4.42. The predicted molar refractivity (Wildman–Crippen MR) is 90.9 cm³/mol. The van der Waals surface area contributed by atoms with Crippen LogP contribution in [0.5, 0.6) is 0 Å². The Balaban J connectivity index is 1.66. The normalized spacial score (nSPS) is 15.1. The van der Waals surface area contributed by atoms with E-state index in [1.54, 1.807) is 6.07 Å². The van der Waals surface area contributed by atoms with Gasteiger partial charge in [0.15, 0.2) is 0 Å². The third-order valence-electron chi connectivity index (χ3n) is 4.18. The van der Waals surface area contributed by atoms with Crippen molar-refractivity contribution in [3.63, 3.8) is 0 Å². The van der Waals surface area contributed by atoms with Crippen LogP contribution in [0.2, 0.25) is 5.02 Å².